The minimum absolute atomic E-state index is 0.0174. The van der Waals surface area contributed by atoms with Crippen molar-refractivity contribution in [1.29, 1.82) is 0 Å². The topological polar surface area (TPSA) is 221 Å². The molecule has 59 heavy (non-hydrogen) atoms. The smallest absolute Gasteiger partial charge is 0.360 e. The van der Waals surface area contributed by atoms with E-state index in [1.54, 1.807) is 5.43 Å². The molecule has 2 heterocycles. The normalized spacial score (nSPS) is 16.5. The molecule has 15 heteroatoms. The van der Waals surface area contributed by atoms with E-state index in [9.17, 15) is 29.1 Å². The van der Waals surface area contributed by atoms with Crippen molar-refractivity contribution < 1.29 is 39.3 Å². The van der Waals surface area contributed by atoms with Gasteiger partial charge in [0, 0.05) is 69.8 Å². The van der Waals surface area contributed by atoms with Crippen LogP contribution in [-0.4, -0.2) is 70.3 Å². The number of allylic oxidation sites excluding steroid dienone is 2. The first-order chi connectivity index (χ1) is 28.4. The molecule has 3 aromatic carbocycles. The van der Waals surface area contributed by atoms with Crippen LogP contribution in [0, 0.1) is 12.8 Å². The summed E-state index contributed by atoms with van der Waals surface area (Å²) < 4.78 is 0. The SMILES string of the molecule is CC(=O)NCCCNC(=O)c1ccc(C(=O)ON)c(O)c1.CC1=NNC(c2ccc(C)cc2)=N[NH2+]1.CCC(=O)CCC(=O)N1Cc2ccccc2/C=C\C2C=CC=CC21. The molecule has 8 N–H and O–H groups in total. The molecule has 2 atom stereocenters. The number of ketones is 1. The molecule has 15 nitrogen and oxygen atoms in total. The lowest BCUT2D eigenvalue weighted by Gasteiger charge is -2.36. The second-order valence-electron chi connectivity index (χ2n) is 13.9. The van der Waals surface area contributed by atoms with Crippen LogP contribution in [0.1, 0.15) is 89.4 Å². The highest BCUT2D eigenvalue weighted by atomic mass is 16.7. The van der Waals surface area contributed by atoms with Crippen molar-refractivity contribution in [3.8, 4) is 5.75 Å². The number of hydrogen-bond acceptors (Lipinski definition) is 11. The molecule has 6 rings (SSSR count). The highest BCUT2D eigenvalue weighted by molar-refractivity contribution is 5.99. The number of phenolic OH excluding ortho intramolecular Hbond substituents is 1. The maximum Gasteiger partial charge on any atom is 0.360 e. The molecular weight excluding hydrogens is 753 g/mol. The van der Waals surface area contributed by atoms with Crippen LogP contribution in [0.3, 0.4) is 0 Å². The lowest BCUT2D eigenvalue weighted by atomic mass is 9.89. The average molecular weight is 806 g/mol. The Bertz CT molecular complexity index is 2120. The average Bonchev–Trinajstić information content (AvgIpc) is 3.24. The van der Waals surface area contributed by atoms with Gasteiger partial charge in [-0.3, -0.25) is 24.6 Å². The number of hydrazone groups is 1. The lowest BCUT2D eigenvalue weighted by Crippen LogP contribution is -2.84. The summed E-state index contributed by atoms with van der Waals surface area (Å²) in [5.41, 5.74) is 9.34. The highest BCUT2D eigenvalue weighted by Crippen LogP contribution is 2.28. The number of carbonyl (C=O) groups excluding carboxylic acids is 5. The second kappa shape index (κ2) is 22.9. The number of hydrogen-bond donors (Lipinski definition) is 6. The Morgan fingerprint density at radius 2 is 1.68 bits per heavy atom. The van der Waals surface area contributed by atoms with Crippen LogP contribution in [0.5, 0.6) is 5.75 Å². The largest absolute Gasteiger partial charge is 0.507 e. The van der Waals surface area contributed by atoms with Gasteiger partial charge in [0.15, 0.2) is 0 Å². The summed E-state index contributed by atoms with van der Waals surface area (Å²) in [4.78, 5) is 64.0. The molecule has 0 aromatic heterocycles. The van der Waals surface area contributed by atoms with Crippen LogP contribution in [-0.2, 0) is 25.8 Å². The predicted molar refractivity (Wildman–Crippen MR) is 225 cm³/mol. The Kier molecular flexibility index (Phi) is 17.5. The van der Waals surface area contributed by atoms with Crippen molar-refractivity contribution in [3.05, 3.63) is 130 Å². The van der Waals surface area contributed by atoms with E-state index in [1.165, 1.54) is 24.6 Å². The molecule has 3 amide bonds. The zero-order valence-electron chi connectivity index (χ0n) is 33.8. The number of amidine groups is 2. The van der Waals surface area contributed by atoms with Gasteiger partial charge in [-0.15, -0.1) is 5.10 Å². The first-order valence-corrected chi connectivity index (χ1v) is 19.4. The second-order valence-corrected chi connectivity index (χ2v) is 13.9. The summed E-state index contributed by atoms with van der Waals surface area (Å²) in [6.07, 6.45) is 14.3. The Morgan fingerprint density at radius 3 is 2.36 bits per heavy atom. The summed E-state index contributed by atoms with van der Waals surface area (Å²) in [6, 6.07) is 20.1. The fourth-order valence-corrected chi connectivity index (χ4v) is 6.04. The Labute approximate surface area is 344 Å². The van der Waals surface area contributed by atoms with Crippen LogP contribution in [0.2, 0.25) is 0 Å². The third-order valence-corrected chi connectivity index (χ3v) is 9.38. The molecule has 0 radical (unpaired) electrons. The summed E-state index contributed by atoms with van der Waals surface area (Å²) in [6.45, 7) is 8.63. The zero-order chi connectivity index (χ0) is 42.7. The lowest BCUT2D eigenvalue weighted by molar-refractivity contribution is -0.548. The maximum absolute atomic E-state index is 12.8. The van der Waals surface area contributed by atoms with Gasteiger partial charge in [-0.1, -0.05) is 103 Å². The first-order valence-electron chi connectivity index (χ1n) is 19.4. The number of phenols is 1. The van der Waals surface area contributed by atoms with E-state index >= 15 is 0 Å². The summed E-state index contributed by atoms with van der Waals surface area (Å²) >= 11 is 0. The van der Waals surface area contributed by atoms with Gasteiger partial charge in [-0.05, 0) is 42.7 Å². The van der Waals surface area contributed by atoms with Gasteiger partial charge in [0.05, 0.1) is 6.04 Å². The van der Waals surface area contributed by atoms with E-state index in [0.29, 0.717) is 45.3 Å². The molecule has 0 saturated carbocycles. The summed E-state index contributed by atoms with van der Waals surface area (Å²) in [5, 5.41) is 23.2. The van der Waals surface area contributed by atoms with E-state index in [4.69, 9.17) is 5.90 Å². The molecule has 2 aliphatic heterocycles. The quantitative estimate of drug-likeness (QED) is 0.0943. The van der Waals surface area contributed by atoms with Gasteiger partial charge in [0.25, 0.3) is 5.91 Å². The minimum Gasteiger partial charge on any atom is -0.507 e. The van der Waals surface area contributed by atoms with E-state index in [2.05, 4.69) is 86.6 Å². The first kappa shape index (κ1) is 45.0. The van der Waals surface area contributed by atoms with Crippen molar-refractivity contribution in [1.82, 2.24) is 21.0 Å². The van der Waals surface area contributed by atoms with E-state index in [0.717, 1.165) is 34.4 Å². The van der Waals surface area contributed by atoms with E-state index < -0.39 is 17.6 Å². The molecule has 0 fully saturated rings. The van der Waals surface area contributed by atoms with Crippen molar-refractivity contribution in [3.63, 3.8) is 0 Å². The number of aryl methyl sites for hydroxylation is 1. The van der Waals surface area contributed by atoms with Gasteiger partial charge >= 0.3 is 5.97 Å². The van der Waals surface area contributed by atoms with Crippen molar-refractivity contribution in [2.45, 2.75) is 66.0 Å². The van der Waals surface area contributed by atoms with Gasteiger partial charge < -0.3 is 25.5 Å². The molecule has 310 valence electrons. The molecular formula is C44H53N8O7+. The molecule has 3 aliphatic rings. The summed E-state index contributed by atoms with van der Waals surface area (Å²) in [7, 11) is 0. The molecule has 3 aromatic rings. The van der Waals surface area contributed by atoms with E-state index in [-0.39, 0.29) is 40.7 Å². The molecule has 1 aliphatic carbocycles. The number of benzene rings is 3. The van der Waals surface area contributed by atoms with Gasteiger partial charge in [0.2, 0.25) is 23.5 Å². The molecule has 0 spiro atoms. The third kappa shape index (κ3) is 14.0. The van der Waals surface area contributed by atoms with Crippen LogP contribution >= 0.6 is 0 Å². The van der Waals surface area contributed by atoms with Crippen LogP contribution in [0.4, 0.5) is 0 Å². The predicted octanol–water partition coefficient (Wildman–Crippen LogP) is 3.75. The number of nitrogens with zero attached hydrogens (tertiary/aromatic N) is 3. The number of aromatic hydroxyl groups is 1. The van der Waals surface area contributed by atoms with Crippen molar-refractivity contribution >= 4 is 47.2 Å². The maximum atomic E-state index is 12.8. The van der Waals surface area contributed by atoms with Gasteiger partial charge in [-0.25, -0.2) is 4.79 Å². The zero-order valence-corrected chi connectivity index (χ0v) is 33.8. The number of fused-ring (bicyclic) bond motifs is 2. The fourth-order valence-electron chi connectivity index (χ4n) is 6.04. The minimum atomic E-state index is -0.894. The Hall–Kier alpha value is -6.71. The Morgan fingerprint density at radius 1 is 0.949 bits per heavy atom. The van der Waals surface area contributed by atoms with Gasteiger partial charge in [0.1, 0.15) is 17.1 Å². The molecule has 0 bridgehead atoms. The third-order valence-electron chi connectivity index (χ3n) is 9.38. The van der Waals surface area contributed by atoms with Crippen LogP contribution in [0.25, 0.3) is 6.08 Å². The summed E-state index contributed by atoms with van der Waals surface area (Å²) in [5.74, 6) is 4.96. The van der Waals surface area contributed by atoms with E-state index in [1.807, 2.05) is 55.2 Å². The standard InChI is InChI=1S/C21H23NO2.C13H17N3O5.C10H12N4/c1-2-19(23)13-14-21(24)22-15-18-9-4-3-7-16(18)11-12-17-8-5-6-10-20(17)22;1-8(17)15-5-2-6-16-12(19)9-3-4-10(11(18)7-9)13(20)21-14;1-7-3-5-9(6-4-7)10-13-11-8(2)12-14-10/h3-12,17,20H,2,13-15H2,1H3;3-4,7,18H,2,5-6,14H2,1H3,(H,15,17)(H,16,19);3-6H,1-2H3,(H,11,12)(H,13,14)/p+1/b12-11-;;. The number of amides is 3. The Balaban J connectivity index is 0.000000202. The number of rotatable bonds is 11. The van der Waals surface area contributed by atoms with Crippen molar-refractivity contribution in [2.75, 3.05) is 13.1 Å². The number of Topliss-reactive ketones (excluding diaryl/α,β-unsaturated/α-hetero) is 1. The molecule has 0 saturated heterocycles. The fraction of sp³-hybridized carbons (Fsp3) is 0.295. The number of quaternary nitrogens is 1. The van der Waals surface area contributed by atoms with Crippen LogP contribution < -0.4 is 27.4 Å². The molecule has 2 unspecified atom stereocenters. The van der Waals surface area contributed by atoms with Crippen molar-refractivity contribution in [2.24, 2.45) is 22.0 Å². The van der Waals surface area contributed by atoms with Crippen LogP contribution in [0.15, 0.2) is 107 Å². The number of nitrogens with two attached hydrogens (primary N) is 2. The van der Waals surface area contributed by atoms with Gasteiger partial charge in [-0.2, -0.15) is 11.3 Å². The highest BCUT2D eigenvalue weighted by Gasteiger charge is 2.29. The number of nitrogens with one attached hydrogen (secondary N) is 3. The number of carbonyl (C=O) groups is 5. The monoisotopic (exact) mass is 805 g/mol.